The zero-order valence-corrected chi connectivity index (χ0v) is 17.7. The zero-order chi connectivity index (χ0) is 22.7. The molecule has 0 unspecified atom stereocenters. The fraction of sp³-hybridized carbons (Fsp3) is 0.136. The average molecular weight is 461 g/mol. The maximum Gasteiger partial charge on any atom is 0.291 e. The minimum atomic E-state index is -0.648. The first-order valence-corrected chi connectivity index (χ1v) is 10.8. The molecule has 0 fully saturated rings. The lowest BCUT2D eigenvalue weighted by Gasteiger charge is -2.24. The summed E-state index contributed by atoms with van der Waals surface area (Å²) in [4.78, 5) is 43.9. The first-order valence-electron chi connectivity index (χ1n) is 10.0. The summed E-state index contributed by atoms with van der Waals surface area (Å²) in [5.41, 5.74) is 6.15. The molecule has 0 aliphatic carbocycles. The van der Waals surface area contributed by atoms with E-state index in [9.17, 15) is 14.4 Å². The number of fused-ring (bicyclic) bond motifs is 3. The average Bonchev–Trinajstić information content (AvgIpc) is 3.45. The molecule has 0 saturated heterocycles. The van der Waals surface area contributed by atoms with Crippen molar-refractivity contribution in [2.24, 2.45) is 5.73 Å². The number of para-hydroxylation sites is 3. The molecule has 2 aromatic carbocycles. The molecular formula is C22H15N5O5S. The van der Waals surface area contributed by atoms with Crippen LogP contribution in [0.25, 0.3) is 10.5 Å². The van der Waals surface area contributed by atoms with Gasteiger partial charge in [-0.2, -0.15) is 9.50 Å². The lowest BCUT2D eigenvalue weighted by atomic mass is 10.1. The van der Waals surface area contributed by atoms with Gasteiger partial charge in [-0.1, -0.05) is 41.7 Å². The van der Waals surface area contributed by atoms with Gasteiger partial charge < -0.3 is 15.2 Å². The van der Waals surface area contributed by atoms with E-state index in [0.29, 0.717) is 33.5 Å². The van der Waals surface area contributed by atoms with Gasteiger partial charge in [0.15, 0.2) is 23.4 Å². The summed E-state index contributed by atoms with van der Waals surface area (Å²) in [7, 11) is 0. The van der Waals surface area contributed by atoms with E-state index in [4.69, 9.17) is 15.2 Å². The van der Waals surface area contributed by atoms with Crippen LogP contribution in [0.4, 0.5) is 5.69 Å². The Hall–Kier alpha value is -4.25. The summed E-state index contributed by atoms with van der Waals surface area (Å²) in [6, 6.07) is 14.2. The zero-order valence-electron chi connectivity index (χ0n) is 16.9. The number of carbonyl (C=O) groups is 2. The molecule has 1 atom stereocenters. The predicted molar refractivity (Wildman–Crippen MR) is 118 cm³/mol. The molecule has 2 aromatic heterocycles. The van der Waals surface area contributed by atoms with E-state index in [2.05, 4.69) is 10.1 Å². The van der Waals surface area contributed by atoms with Gasteiger partial charge in [0.25, 0.3) is 11.5 Å². The SMILES string of the molecule is NC(=O)CN1C(=O)/C(=c2\sc3nc([C@H]4COc5ccccc5O4)nn3c2=O)c2ccccc21. The Balaban J connectivity index is 1.44. The Kier molecular flexibility index (Phi) is 4.20. The van der Waals surface area contributed by atoms with E-state index in [1.807, 2.05) is 18.2 Å². The quantitative estimate of drug-likeness (QED) is 0.468. The van der Waals surface area contributed by atoms with E-state index in [-0.39, 0.29) is 23.3 Å². The largest absolute Gasteiger partial charge is 0.485 e. The second kappa shape index (κ2) is 7.14. The second-order valence-corrected chi connectivity index (χ2v) is 8.49. The molecule has 4 aromatic rings. The van der Waals surface area contributed by atoms with Gasteiger partial charge in [-0.3, -0.25) is 19.3 Å². The summed E-state index contributed by atoms with van der Waals surface area (Å²) in [6.07, 6.45) is -0.567. The molecule has 0 bridgehead atoms. The highest BCUT2D eigenvalue weighted by atomic mass is 32.1. The molecule has 0 radical (unpaired) electrons. The van der Waals surface area contributed by atoms with Crippen molar-refractivity contribution in [3.8, 4) is 11.5 Å². The van der Waals surface area contributed by atoms with Crippen molar-refractivity contribution in [1.82, 2.24) is 14.6 Å². The number of ether oxygens (including phenoxy) is 2. The molecule has 0 spiro atoms. The summed E-state index contributed by atoms with van der Waals surface area (Å²) in [5, 5.41) is 4.34. The monoisotopic (exact) mass is 461 g/mol. The number of primary amides is 1. The third kappa shape index (κ3) is 2.97. The van der Waals surface area contributed by atoms with Crippen LogP contribution >= 0.6 is 11.3 Å². The first-order chi connectivity index (χ1) is 16.0. The van der Waals surface area contributed by atoms with Gasteiger partial charge in [0.2, 0.25) is 10.9 Å². The van der Waals surface area contributed by atoms with E-state index in [0.717, 1.165) is 11.3 Å². The molecule has 10 nitrogen and oxygen atoms in total. The van der Waals surface area contributed by atoms with Crippen molar-refractivity contribution in [3.05, 3.63) is 74.8 Å². The molecule has 2 aliphatic rings. The number of nitrogens with two attached hydrogens (primary N) is 1. The molecule has 33 heavy (non-hydrogen) atoms. The molecular weight excluding hydrogens is 446 g/mol. The smallest absolute Gasteiger partial charge is 0.291 e. The number of hydrogen-bond donors (Lipinski definition) is 1. The van der Waals surface area contributed by atoms with Gasteiger partial charge in [0.05, 0.1) is 11.3 Å². The van der Waals surface area contributed by atoms with Gasteiger partial charge >= 0.3 is 0 Å². The van der Waals surface area contributed by atoms with Crippen LogP contribution in [0.1, 0.15) is 17.5 Å². The molecule has 4 heterocycles. The number of aromatic nitrogens is 3. The van der Waals surface area contributed by atoms with Gasteiger partial charge in [0.1, 0.15) is 17.7 Å². The molecule has 0 saturated carbocycles. The highest BCUT2D eigenvalue weighted by molar-refractivity contribution is 7.15. The van der Waals surface area contributed by atoms with Crippen LogP contribution in [0.15, 0.2) is 53.3 Å². The fourth-order valence-electron chi connectivity index (χ4n) is 4.00. The van der Waals surface area contributed by atoms with Crippen molar-refractivity contribution in [3.63, 3.8) is 0 Å². The number of rotatable bonds is 3. The molecule has 2 amide bonds. The minimum absolute atomic E-state index is 0.201. The van der Waals surface area contributed by atoms with Crippen molar-refractivity contribution >= 4 is 39.4 Å². The number of anilines is 1. The normalized spacial score (nSPS) is 18.6. The maximum atomic E-state index is 13.2. The fourth-order valence-corrected chi connectivity index (χ4v) is 5.00. The topological polar surface area (TPSA) is 129 Å². The minimum Gasteiger partial charge on any atom is -0.485 e. The van der Waals surface area contributed by atoms with Crippen molar-refractivity contribution in [1.29, 1.82) is 0 Å². The Morgan fingerprint density at radius 1 is 1.12 bits per heavy atom. The Morgan fingerprint density at radius 3 is 2.67 bits per heavy atom. The number of nitrogens with zero attached hydrogens (tertiary/aromatic N) is 4. The highest BCUT2D eigenvalue weighted by Crippen LogP contribution is 2.36. The number of hydrogen-bond acceptors (Lipinski definition) is 8. The van der Waals surface area contributed by atoms with E-state index in [1.54, 1.807) is 30.3 Å². The number of carbonyl (C=O) groups excluding carboxylic acids is 2. The van der Waals surface area contributed by atoms with Crippen molar-refractivity contribution < 1.29 is 19.1 Å². The van der Waals surface area contributed by atoms with Crippen LogP contribution in [0.3, 0.4) is 0 Å². The second-order valence-electron chi connectivity index (χ2n) is 7.51. The van der Waals surface area contributed by atoms with Gasteiger partial charge in [-0.05, 0) is 18.2 Å². The Bertz CT molecular complexity index is 1580. The van der Waals surface area contributed by atoms with E-state index < -0.39 is 23.5 Å². The van der Waals surface area contributed by atoms with Crippen molar-refractivity contribution in [2.75, 3.05) is 18.1 Å². The Morgan fingerprint density at radius 2 is 1.88 bits per heavy atom. The summed E-state index contributed by atoms with van der Waals surface area (Å²) >= 11 is 1.06. The van der Waals surface area contributed by atoms with Crippen LogP contribution in [0, 0.1) is 0 Å². The van der Waals surface area contributed by atoms with Crippen LogP contribution in [0.2, 0.25) is 0 Å². The van der Waals surface area contributed by atoms with Crippen LogP contribution in [-0.2, 0) is 9.59 Å². The highest BCUT2D eigenvalue weighted by Gasteiger charge is 2.35. The van der Waals surface area contributed by atoms with E-state index in [1.165, 1.54) is 9.42 Å². The molecule has 11 heteroatoms. The van der Waals surface area contributed by atoms with Crippen LogP contribution < -0.4 is 30.2 Å². The number of thiazole rings is 1. The van der Waals surface area contributed by atoms with Gasteiger partial charge in [-0.25, -0.2) is 0 Å². The summed E-state index contributed by atoms with van der Waals surface area (Å²) in [5.74, 6) is 0.422. The third-order valence-electron chi connectivity index (χ3n) is 5.43. The first kappa shape index (κ1) is 19.4. The predicted octanol–water partition coefficient (Wildman–Crippen LogP) is 0.413. The van der Waals surface area contributed by atoms with Gasteiger partial charge in [-0.15, -0.1) is 5.10 Å². The standard InChI is InChI=1S/C22H15N5O5S/c23-16(28)9-26-12-6-2-1-5-11(12)17(20(26)29)18-21(30)27-22(33-18)24-19(25-27)15-10-31-13-7-3-4-8-14(13)32-15/h1-8,15H,9-10H2,(H2,23,28)/b18-17-/t15-/m1/s1. The van der Waals surface area contributed by atoms with Crippen LogP contribution in [-0.4, -0.2) is 39.6 Å². The van der Waals surface area contributed by atoms with Crippen LogP contribution in [0.5, 0.6) is 11.5 Å². The Labute approximate surface area is 189 Å². The molecule has 2 N–H and O–H groups in total. The lowest BCUT2D eigenvalue weighted by molar-refractivity contribution is -0.119. The summed E-state index contributed by atoms with van der Waals surface area (Å²) in [6.45, 7) is -0.0693. The number of amides is 2. The lowest BCUT2D eigenvalue weighted by Crippen LogP contribution is -2.37. The summed E-state index contributed by atoms with van der Waals surface area (Å²) < 4.78 is 13.0. The van der Waals surface area contributed by atoms with E-state index >= 15 is 0 Å². The third-order valence-corrected chi connectivity index (χ3v) is 6.46. The molecule has 6 rings (SSSR count). The maximum absolute atomic E-state index is 13.2. The molecule has 164 valence electrons. The van der Waals surface area contributed by atoms with Crippen molar-refractivity contribution in [2.45, 2.75) is 6.10 Å². The van der Waals surface area contributed by atoms with Gasteiger partial charge in [0, 0.05) is 5.56 Å². The molecule has 2 aliphatic heterocycles. The number of benzene rings is 2.